The molecule has 0 saturated heterocycles. The van der Waals surface area contributed by atoms with Crippen LogP contribution in [0.4, 0.5) is 0 Å². The molecule has 5 heteroatoms. The van der Waals surface area contributed by atoms with Gasteiger partial charge in [0.25, 0.3) is 0 Å². The number of rotatable bonds is 6. The normalized spacial score (nSPS) is 15.6. The molecule has 0 aromatic heterocycles. The summed E-state index contributed by atoms with van der Waals surface area (Å²) >= 11 is 0. The SMILES string of the molecule is CC(C)(C)c1ccc([Si](O)(O[Si](O)(c2ccccc2)c2ccc(C(C)(C)C)cc2)c2ccccc2)cc1. The maximum absolute atomic E-state index is 12.5. The summed E-state index contributed by atoms with van der Waals surface area (Å²) in [5.74, 6) is 0. The fraction of sp³-hybridized carbons (Fsp3) is 0.250. The summed E-state index contributed by atoms with van der Waals surface area (Å²) < 4.78 is 6.81. The van der Waals surface area contributed by atoms with E-state index in [0.29, 0.717) is 20.7 Å². The van der Waals surface area contributed by atoms with Gasteiger partial charge >= 0.3 is 17.1 Å². The van der Waals surface area contributed by atoms with Crippen molar-refractivity contribution in [3.8, 4) is 0 Å². The van der Waals surface area contributed by atoms with Crippen molar-refractivity contribution in [3.05, 3.63) is 120 Å². The van der Waals surface area contributed by atoms with Gasteiger partial charge in [-0.05, 0) is 42.7 Å². The lowest BCUT2D eigenvalue weighted by molar-refractivity contribution is 0.346. The molecule has 0 heterocycles. The minimum Gasteiger partial charge on any atom is -0.404 e. The van der Waals surface area contributed by atoms with Crippen molar-refractivity contribution in [1.82, 2.24) is 0 Å². The molecule has 0 amide bonds. The van der Waals surface area contributed by atoms with Gasteiger partial charge in [-0.25, -0.2) is 0 Å². The molecule has 4 rings (SSSR count). The molecule has 0 bridgehead atoms. The smallest absolute Gasteiger partial charge is 0.396 e. The summed E-state index contributed by atoms with van der Waals surface area (Å²) in [4.78, 5) is 25.0. The van der Waals surface area contributed by atoms with Crippen LogP contribution in [0.15, 0.2) is 109 Å². The molecule has 0 aliphatic heterocycles. The van der Waals surface area contributed by atoms with E-state index < -0.39 is 17.1 Å². The van der Waals surface area contributed by atoms with Crippen LogP contribution in [0.25, 0.3) is 0 Å². The van der Waals surface area contributed by atoms with Crippen molar-refractivity contribution in [2.45, 2.75) is 52.4 Å². The molecule has 3 nitrogen and oxygen atoms in total. The highest BCUT2D eigenvalue weighted by Gasteiger charge is 2.50. The molecule has 0 radical (unpaired) electrons. The Labute approximate surface area is 223 Å². The number of benzene rings is 4. The van der Waals surface area contributed by atoms with Crippen LogP contribution in [0.2, 0.25) is 0 Å². The molecule has 0 spiro atoms. The summed E-state index contributed by atoms with van der Waals surface area (Å²) in [5, 5.41) is 2.82. The third-order valence-corrected chi connectivity index (χ3v) is 13.7. The lowest BCUT2D eigenvalue weighted by Crippen LogP contribution is -2.73. The molecule has 0 saturated carbocycles. The van der Waals surface area contributed by atoms with Gasteiger partial charge in [-0.15, -0.1) is 0 Å². The van der Waals surface area contributed by atoms with Gasteiger partial charge in [0.05, 0.1) is 0 Å². The van der Waals surface area contributed by atoms with Crippen LogP contribution in [-0.4, -0.2) is 26.7 Å². The van der Waals surface area contributed by atoms with E-state index in [1.54, 1.807) is 0 Å². The van der Waals surface area contributed by atoms with Gasteiger partial charge < -0.3 is 13.7 Å². The van der Waals surface area contributed by atoms with Gasteiger partial charge in [-0.2, -0.15) is 0 Å². The lowest BCUT2D eigenvalue weighted by Gasteiger charge is -2.36. The zero-order valence-corrected chi connectivity index (χ0v) is 24.7. The Morgan fingerprint density at radius 1 is 0.432 bits per heavy atom. The predicted octanol–water partition coefficient (Wildman–Crippen LogP) is 4.10. The minimum atomic E-state index is -3.82. The van der Waals surface area contributed by atoms with Crippen molar-refractivity contribution in [1.29, 1.82) is 0 Å². The van der Waals surface area contributed by atoms with E-state index in [1.807, 2.05) is 84.9 Å². The van der Waals surface area contributed by atoms with E-state index in [2.05, 4.69) is 65.8 Å². The third kappa shape index (κ3) is 5.71. The van der Waals surface area contributed by atoms with Gasteiger partial charge in [0, 0.05) is 0 Å². The summed E-state index contributed by atoms with van der Waals surface area (Å²) in [6, 6.07) is 35.1. The summed E-state index contributed by atoms with van der Waals surface area (Å²) in [5.41, 5.74) is 2.32. The molecule has 0 aliphatic carbocycles. The van der Waals surface area contributed by atoms with Crippen molar-refractivity contribution in [2.24, 2.45) is 0 Å². The molecule has 2 atom stereocenters. The Balaban J connectivity index is 1.88. The van der Waals surface area contributed by atoms with E-state index in [9.17, 15) is 9.59 Å². The topological polar surface area (TPSA) is 49.7 Å². The van der Waals surface area contributed by atoms with E-state index in [-0.39, 0.29) is 10.8 Å². The van der Waals surface area contributed by atoms with Crippen molar-refractivity contribution < 1.29 is 13.7 Å². The minimum absolute atomic E-state index is 0.0138. The fourth-order valence-electron chi connectivity index (χ4n) is 4.50. The van der Waals surface area contributed by atoms with E-state index in [4.69, 9.17) is 4.12 Å². The fourth-order valence-corrected chi connectivity index (χ4v) is 11.3. The first-order valence-corrected chi connectivity index (χ1v) is 16.5. The highest BCUT2D eigenvalue weighted by molar-refractivity contribution is 7.03. The quantitative estimate of drug-likeness (QED) is 0.372. The Kier molecular flexibility index (Phi) is 7.48. The zero-order valence-electron chi connectivity index (χ0n) is 22.7. The van der Waals surface area contributed by atoms with Crippen LogP contribution in [0.3, 0.4) is 0 Å². The maximum atomic E-state index is 12.5. The average molecular weight is 527 g/mol. The van der Waals surface area contributed by atoms with Gasteiger partial charge in [-0.3, -0.25) is 0 Å². The van der Waals surface area contributed by atoms with E-state index in [1.165, 1.54) is 11.1 Å². The Morgan fingerprint density at radius 3 is 0.973 bits per heavy atom. The first-order chi connectivity index (χ1) is 17.3. The van der Waals surface area contributed by atoms with Crippen LogP contribution in [0, 0.1) is 0 Å². The molecule has 4 aromatic carbocycles. The monoisotopic (exact) mass is 526 g/mol. The van der Waals surface area contributed by atoms with Crippen LogP contribution in [-0.2, 0) is 14.9 Å². The highest BCUT2D eigenvalue weighted by Crippen LogP contribution is 2.23. The highest BCUT2D eigenvalue weighted by atomic mass is 28.5. The molecular formula is C32H38O3Si2. The predicted molar refractivity (Wildman–Crippen MR) is 159 cm³/mol. The Bertz CT molecular complexity index is 1200. The van der Waals surface area contributed by atoms with Gasteiger partial charge in [0.15, 0.2) is 0 Å². The largest absolute Gasteiger partial charge is 0.404 e. The molecule has 0 fully saturated rings. The first kappa shape index (κ1) is 27.2. The van der Waals surface area contributed by atoms with Crippen molar-refractivity contribution >= 4 is 37.9 Å². The molecule has 4 aromatic rings. The second-order valence-electron chi connectivity index (χ2n) is 11.8. The Hall–Kier alpha value is -2.81. The molecular weight excluding hydrogens is 489 g/mol. The molecule has 2 unspecified atom stereocenters. The number of hydrogen-bond acceptors (Lipinski definition) is 3. The van der Waals surface area contributed by atoms with Crippen molar-refractivity contribution in [2.75, 3.05) is 0 Å². The molecule has 0 aliphatic rings. The van der Waals surface area contributed by atoms with Crippen LogP contribution < -0.4 is 20.7 Å². The van der Waals surface area contributed by atoms with Gasteiger partial charge in [0.1, 0.15) is 0 Å². The zero-order chi connectivity index (χ0) is 26.9. The van der Waals surface area contributed by atoms with Crippen molar-refractivity contribution in [3.63, 3.8) is 0 Å². The van der Waals surface area contributed by atoms with Gasteiger partial charge in [0.2, 0.25) is 0 Å². The summed E-state index contributed by atoms with van der Waals surface area (Å²) in [7, 11) is -7.65. The molecule has 2 N–H and O–H groups in total. The molecule has 192 valence electrons. The second-order valence-corrected chi connectivity index (χ2v) is 17.5. The standard InChI is InChI=1S/C32H38O3Si2/c1-31(2,3)25-17-21-29(22-18-25)36(33,27-13-9-7-10-14-27)35-37(34,28-15-11-8-12-16-28)30-23-19-26(20-24-30)32(4,5)6/h7-24,33-34H,1-6H3. The average Bonchev–Trinajstić information content (AvgIpc) is 2.89. The second kappa shape index (κ2) is 10.2. The maximum Gasteiger partial charge on any atom is 0.396 e. The van der Waals surface area contributed by atoms with Gasteiger partial charge in [-0.1, -0.05) is 151 Å². The lowest BCUT2D eigenvalue weighted by atomic mass is 9.87. The Morgan fingerprint density at radius 2 is 0.703 bits per heavy atom. The summed E-state index contributed by atoms with van der Waals surface area (Å²) in [6.45, 7) is 13.0. The third-order valence-electron chi connectivity index (χ3n) is 6.91. The van der Waals surface area contributed by atoms with E-state index >= 15 is 0 Å². The summed E-state index contributed by atoms with van der Waals surface area (Å²) in [6.07, 6.45) is 0. The van der Waals surface area contributed by atoms with Crippen LogP contribution in [0.5, 0.6) is 0 Å². The number of hydrogen-bond donors (Lipinski definition) is 2. The first-order valence-electron chi connectivity index (χ1n) is 12.8. The van der Waals surface area contributed by atoms with Crippen LogP contribution >= 0.6 is 0 Å². The molecule has 37 heavy (non-hydrogen) atoms. The van der Waals surface area contributed by atoms with E-state index in [0.717, 1.165) is 0 Å². The van der Waals surface area contributed by atoms with Crippen LogP contribution in [0.1, 0.15) is 52.7 Å².